The van der Waals surface area contributed by atoms with Crippen LogP contribution >= 0.6 is 0 Å². The molecule has 0 fully saturated rings. The standard InChI is InChI=1S/C14H10N2O5/c17-12-6-5-8(16(19)20)7-11(12)15-13-9-3-1-2-4-10(9)14(18)21-13/h1-7,13,15,17H. The summed E-state index contributed by atoms with van der Waals surface area (Å²) < 4.78 is 5.16. The Morgan fingerprint density at radius 2 is 2.00 bits per heavy atom. The summed E-state index contributed by atoms with van der Waals surface area (Å²) >= 11 is 0. The lowest BCUT2D eigenvalue weighted by molar-refractivity contribution is -0.384. The summed E-state index contributed by atoms with van der Waals surface area (Å²) in [5.74, 6) is -0.644. The van der Waals surface area contributed by atoms with Crippen LogP contribution in [0.4, 0.5) is 11.4 Å². The highest BCUT2D eigenvalue weighted by Gasteiger charge is 2.31. The first-order valence-corrected chi connectivity index (χ1v) is 6.10. The summed E-state index contributed by atoms with van der Waals surface area (Å²) in [6.45, 7) is 0. The number of carbonyl (C=O) groups is 1. The topological polar surface area (TPSA) is 102 Å². The van der Waals surface area contributed by atoms with Crippen LogP contribution in [0.5, 0.6) is 5.75 Å². The van der Waals surface area contributed by atoms with Crippen LogP contribution in [0.15, 0.2) is 42.5 Å². The second kappa shape index (κ2) is 4.78. The lowest BCUT2D eigenvalue weighted by atomic mass is 10.1. The SMILES string of the molecule is O=C1OC(Nc2cc([N+](=O)[O-])ccc2O)c2ccccc21. The number of hydrogen-bond donors (Lipinski definition) is 2. The molecule has 106 valence electrons. The van der Waals surface area contributed by atoms with Gasteiger partial charge in [-0.2, -0.15) is 0 Å². The lowest BCUT2D eigenvalue weighted by Gasteiger charge is -2.15. The molecule has 1 atom stereocenters. The highest BCUT2D eigenvalue weighted by Crippen LogP contribution is 2.35. The zero-order valence-corrected chi connectivity index (χ0v) is 10.6. The van der Waals surface area contributed by atoms with Gasteiger partial charge in [0.25, 0.3) is 5.69 Å². The number of phenols is 1. The molecular formula is C14H10N2O5. The molecule has 0 saturated carbocycles. The number of benzene rings is 2. The summed E-state index contributed by atoms with van der Waals surface area (Å²) in [6.07, 6.45) is -0.790. The van der Waals surface area contributed by atoms with Crippen molar-refractivity contribution in [3.63, 3.8) is 0 Å². The van der Waals surface area contributed by atoms with Gasteiger partial charge in [-0.3, -0.25) is 10.1 Å². The Labute approximate surface area is 118 Å². The molecule has 0 spiro atoms. The molecule has 2 aromatic rings. The largest absolute Gasteiger partial charge is 0.506 e. The number of nitrogens with one attached hydrogen (secondary N) is 1. The summed E-state index contributed by atoms with van der Waals surface area (Å²) in [5.41, 5.74) is 1.000. The molecule has 3 rings (SSSR count). The molecule has 2 aromatic carbocycles. The average molecular weight is 286 g/mol. The lowest BCUT2D eigenvalue weighted by Crippen LogP contribution is -2.10. The van der Waals surface area contributed by atoms with Crippen LogP contribution in [-0.2, 0) is 4.74 Å². The summed E-state index contributed by atoms with van der Waals surface area (Å²) in [4.78, 5) is 21.9. The Bertz CT molecular complexity index is 744. The summed E-state index contributed by atoms with van der Waals surface area (Å²) in [7, 11) is 0. The van der Waals surface area contributed by atoms with Gasteiger partial charge in [-0.1, -0.05) is 18.2 Å². The first-order valence-electron chi connectivity index (χ1n) is 6.10. The van der Waals surface area contributed by atoms with E-state index >= 15 is 0 Å². The van der Waals surface area contributed by atoms with Crippen molar-refractivity contribution < 1.29 is 19.6 Å². The van der Waals surface area contributed by atoms with Gasteiger partial charge in [-0.05, 0) is 12.1 Å². The Kier molecular flexibility index (Phi) is 2.94. The Balaban J connectivity index is 1.93. The molecule has 7 heteroatoms. The molecule has 0 radical (unpaired) electrons. The van der Waals surface area contributed by atoms with E-state index in [-0.39, 0.29) is 17.1 Å². The number of anilines is 1. The number of ether oxygens (including phenoxy) is 1. The Morgan fingerprint density at radius 3 is 2.76 bits per heavy atom. The molecule has 0 bridgehead atoms. The van der Waals surface area contributed by atoms with Gasteiger partial charge in [0.05, 0.1) is 16.2 Å². The Morgan fingerprint density at radius 1 is 1.24 bits per heavy atom. The van der Waals surface area contributed by atoms with Crippen LogP contribution in [0.3, 0.4) is 0 Å². The van der Waals surface area contributed by atoms with E-state index in [0.29, 0.717) is 11.1 Å². The number of hydrogen-bond acceptors (Lipinski definition) is 6. The van der Waals surface area contributed by atoms with Crippen LogP contribution in [0, 0.1) is 10.1 Å². The summed E-state index contributed by atoms with van der Waals surface area (Å²) in [6, 6.07) is 10.4. The van der Waals surface area contributed by atoms with Crippen LogP contribution in [0.1, 0.15) is 22.1 Å². The monoisotopic (exact) mass is 286 g/mol. The van der Waals surface area contributed by atoms with Gasteiger partial charge in [-0.25, -0.2) is 4.79 Å². The van der Waals surface area contributed by atoms with Crippen LogP contribution < -0.4 is 5.32 Å². The zero-order valence-electron chi connectivity index (χ0n) is 10.6. The number of non-ortho nitro benzene ring substituents is 1. The molecule has 1 aliphatic rings. The molecule has 0 amide bonds. The van der Waals surface area contributed by atoms with Crippen molar-refractivity contribution in [3.05, 3.63) is 63.7 Å². The fourth-order valence-corrected chi connectivity index (χ4v) is 2.15. The maximum Gasteiger partial charge on any atom is 0.340 e. The van der Waals surface area contributed by atoms with Crippen molar-refractivity contribution in [2.75, 3.05) is 5.32 Å². The molecule has 7 nitrogen and oxygen atoms in total. The number of carbonyl (C=O) groups excluding carboxylic acids is 1. The van der Waals surface area contributed by atoms with E-state index < -0.39 is 17.1 Å². The number of nitrogens with zero attached hydrogens (tertiary/aromatic N) is 1. The molecule has 21 heavy (non-hydrogen) atoms. The number of nitro groups is 1. The minimum Gasteiger partial charge on any atom is -0.506 e. The van der Waals surface area contributed by atoms with E-state index in [1.807, 2.05) is 0 Å². The maximum absolute atomic E-state index is 11.7. The zero-order chi connectivity index (χ0) is 15.0. The predicted molar refractivity (Wildman–Crippen MR) is 73.0 cm³/mol. The number of rotatable bonds is 3. The number of aromatic hydroxyl groups is 1. The highest BCUT2D eigenvalue weighted by molar-refractivity contribution is 5.94. The van der Waals surface area contributed by atoms with E-state index in [9.17, 15) is 20.0 Å². The second-order valence-electron chi connectivity index (χ2n) is 4.48. The fourth-order valence-electron chi connectivity index (χ4n) is 2.15. The maximum atomic E-state index is 11.7. The van der Waals surface area contributed by atoms with E-state index in [2.05, 4.69) is 5.32 Å². The summed E-state index contributed by atoms with van der Waals surface area (Å²) in [5, 5.41) is 23.3. The van der Waals surface area contributed by atoms with E-state index in [1.165, 1.54) is 18.2 Å². The smallest absolute Gasteiger partial charge is 0.340 e. The van der Waals surface area contributed by atoms with Gasteiger partial charge in [0.15, 0.2) is 0 Å². The van der Waals surface area contributed by atoms with Crippen molar-refractivity contribution in [2.24, 2.45) is 0 Å². The second-order valence-corrected chi connectivity index (χ2v) is 4.48. The van der Waals surface area contributed by atoms with Crippen molar-refractivity contribution in [1.82, 2.24) is 0 Å². The van der Waals surface area contributed by atoms with Gasteiger partial charge in [0.1, 0.15) is 5.75 Å². The third-order valence-electron chi connectivity index (χ3n) is 3.17. The predicted octanol–water partition coefficient (Wildman–Crippen LogP) is 2.58. The molecule has 0 aromatic heterocycles. The van der Waals surface area contributed by atoms with Crippen molar-refractivity contribution in [2.45, 2.75) is 6.23 Å². The van der Waals surface area contributed by atoms with Crippen molar-refractivity contribution in [3.8, 4) is 5.75 Å². The van der Waals surface area contributed by atoms with Gasteiger partial charge < -0.3 is 15.2 Å². The van der Waals surface area contributed by atoms with Gasteiger partial charge in [0.2, 0.25) is 6.23 Å². The molecule has 1 heterocycles. The Hall–Kier alpha value is -3.09. The average Bonchev–Trinajstić information content (AvgIpc) is 2.78. The first kappa shape index (κ1) is 12.9. The fraction of sp³-hybridized carbons (Fsp3) is 0.0714. The molecule has 1 aliphatic heterocycles. The highest BCUT2D eigenvalue weighted by atomic mass is 16.6. The molecule has 0 saturated heterocycles. The minimum atomic E-state index is -0.790. The third-order valence-corrected chi connectivity index (χ3v) is 3.17. The number of fused-ring (bicyclic) bond motifs is 1. The van der Waals surface area contributed by atoms with Gasteiger partial charge in [-0.15, -0.1) is 0 Å². The number of phenolic OH excluding ortho intramolecular Hbond substituents is 1. The van der Waals surface area contributed by atoms with Crippen LogP contribution in [0.25, 0.3) is 0 Å². The molecule has 1 unspecified atom stereocenters. The molecule has 2 N–H and O–H groups in total. The van der Waals surface area contributed by atoms with Gasteiger partial charge in [0, 0.05) is 17.7 Å². The molecule has 0 aliphatic carbocycles. The number of esters is 1. The quantitative estimate of drug-likeness (QED) is 0.389. The van der Waals surface area contributed by atoms with Crippen LogP contribution in [-0.4, -0.2) is 16.0 Å². The number of cyclic esters (lactones) is 1. The molecular weight excluding hydrogens is 276 g/mol. The normalized spacial score (nSPS) is 16.2. The first-order chi connectivity index (χ1) is 10.1. The van der Waals surface area contributed by atoms with Crippen LogP contribution in [0.2, 0.25) is 0 Å². The number of nitro benzene ring substituents is 1. The van der Waals surface area contributed by atoms with E-state index in [4.69, 9.17) is 4.74 Å². The van der Waals surface area contributed by atoms with Crippen molar-refractivity contribution >= 4 is 17.3 Å². The minimum absolute atomic E-state index is 0.124. The van der Waals surface area contributed by atoms with Gasteiger partial charge >= 0.3 is 5.97 Å². The van der Waals surface area contributed by atoms with E-state index in [1.54, 1.807) is 24.3 Å². The third kappa shape index (κ3) is 2.25. The van der Waals surface area contributed by atoms with E-state index in [0.717, 1.165) is 0 Å². The van der Waals surface area contributed by atoms with Crippen molar-refractivity contribution in [1.29, 1.82) is 0 Å².